The second-order valence-electron chi connectivity index (χ2n) is 7.23. The normalized spacial score (nSPS) is 10.4. The van der Waals surface area contributed by atoms with E-state index in [0.29, 0.717) is 11.1 Å². The number of carbonyl (C=O) groups is 3. The lowest BCUT2D eigenvalue weighted by molar-refractivity contribution is -0.322. The van der Waals surface area contributed by atoms with E-state index >= 15 is 0 Å². The van der Waals surface area contributed by atoms with Gasteiger partial charge in [-0.1, -0.05) is 50.2 Å². The molecule has 0 aliphatic heterocycles. The highest BCUT2D eigenvalue weighted by Gasteiger charge is 2.17. The molecule has 0 spiro atoms. The molecule has 0 atom stereocenters. The average molecular weight is 402 g/mol. The maximum Gasteiger partial charge on any atom is 0.386 e. The zero-order valence-electron chi connectivity index (χ0n) is 17.2. The lowest BCUT2D eigenvalue weighted by Gasteiger charge is -2.17. The highest BCUT2D eigenvalue weighted by atomic mass is 17.2. The molecule has 0 radical (unpaired) electrons. The SMILES string of the molecule is CC(C)C(=O)OOC(C)(C)C.O=C(OOC(=O)c1ccccc1)c1ccccc1. The second kappa shape index (κ2) is 11.6. The second-order valence-corrected chi connectivity index (χ2v) is 7.23. The summed E-state index contributed by atoms with van der Waals surface area (Å²) < 4.78 is 0. The molecule has 0 fully saturated rings. The van der Waals surface area contributed by atoms with Gasteiger partial charge in [-0.2, -0.15) is 4.89 Å². The third-order valence-electron chi connectivity index (χ3n) is 3.06. The Morgan fingerprint density at radius 2 is 1.07 bits per heavy atom. The van der Waals surface area contributed by atoms with E-state index in [1.54, 1.807) is 74.5 Å². The van der Waals surface area contributed by atoms with Gasteiger partial charge >= 0.3 is 17.9 Å². The van der Waals surface area contributed by atoms with Crippen LogP contribution < -0.4 is 0 Å². The monoisotopic (exact) mass is 402 g/mol. The van der Waals surface area contributed by atoms with Crippen LogP contribution in [0, 0.1) is 5.92 Å². The third-order valence-corrected chi connectivity index (χ3v) is 3.06. The van der Waals surface area contributed by atoms with Gasteiger partial charge in [-0.15, -0.1) is 0 Å². The smallest absolute Gasteiger partial charge is 0.298 e. The van der Waals surface area contributed by atoms with Crippen molar-refractivity contribution < 1.29 is 33.9 Å². The van der Waals surface area contributed by atoms with E-state index in [2.05, 4.69) is 14.7 Å². The Balaban J connectivity index is 0.000000331. The van der Waals surface area contributed by atoms with Gasteiger partial charge in [-0.3, -0.25) is 4.89 Å². The number of rotatable bonds is 4. The Bertz CT molecular complexity index is 726. The highest BCUT2D eigenvalue weighted by molar-refractivity contribution is 5.92. The summed E-state index contributed by atoms with van der Waals surface area (Å²) in [5.41, 5.74) is 0.210. The topological polar surface area (TPSA) is 88.1 Å². The van der Waals surface area contributed by atoms with E-state index in [0.717, 1.165) is 0 Å². The summed E-state index contributed by atoms with van der Waals surface area (Å²) in [6.45, 7) is 8.98. The minimum atomic E-state index is -0.708. The first kappa shape index (κ1) is 23.8. The van der Waals surface area contributed by atoms with Crippen LogP contribution in [0.4, 0.5) is 0 Å². The van der Waals surface area contributed by atoms with Gasteiger partial charge in [0.2, 0.25) is 0 Å². The molecule has 0 unspecified atom stereocenters. The van der Waals surface area contributed by atoms with Gasteiger partial charge in [0, 0.05) is 0 Å². The lowest BCUT2D eigenvalue weighted by atomic mass is 10.2. The molecular formula is C22H26O7. The summed E-state index contributed by atoms with van der Waals surface area (Å²) in [5.74, 6) is -1.89. The van der Waals surface area contributed by atoms with Gasteiger partial charge in [0.15, 0.2) is 0 Å². The van der Waals surface area contributed by atoms with Crippen LogP contribution in [0.5, 0.6) is 0 Å². The van der Waals surface area contributed by atoms with Gasteiger partial charge in [0.1, 0.15) is 5.60 Å². The van der Waals surface area contributed by atoms with Crippen molar-refractivity contribution in [2.24, 2.45) is 5.92 Å². The molecule has 156 valence electrons. The van der Waals surface area contributed by atoms with Crippen LogP contribution >= 0.6 is 0 Å². The van der Waals surface area contributed by atoms with Gasteiger partial charge in [-0.25, -0.2) is 24.2 Å². The summed E-state index contributed by atoms with van der Waals surface area (Å²) in [7, 11) is 0. The fourth-order valence-corrected chi connectivity index (χ4v) is 1.58. The Morgan fingerprint density at radius 3 is 1.38 bits per heavy atom. The van der Waals surface area contributed by atoms with Gasteiger partial charge in [0.25, 0.3) is 0 Å². The fourth-order valence-electron chi connectivity index (χ4n) is 1.58. The van der Waals surface area contributed by atoms with Crippen molar-refractivity contribution >= 4 is 17.9 Å². The first-order chi connectivity index (χ1) is 13.6. The first-order valence-corrected chi connectivity index (χ1v) is 9.03. The van der Waals surface area contributed by atoms with E-state index in [4.69, 9.17) is 4.89 Å². The Kier molecular flexibility index (Phi) is 9.55. The van der Waals surface area contributed by atoms with Crippen molar-refractivity contribution in [3.63, 3.8) is 0 Å². The molecule has 0 N–H and O–H groups in total. The summed E-state index contributed by atoms with van der Waals surface area (Å²) in [4.78, 5) is 52.0. The molecule has 0 bridgehead atoms. The molecule has 2 aromatic carbocycles. The van der Waals surface area contributed by atoms with E-state index < -0.39 is 17.5 Å². The van der Waals surface area contributed by atoms with E-state index in [1.807, 2.05) is 20.8 Å². The maximum absolute atomic E-state index is 11.5. The lowest BCUT2D eigenvalue weighted by Crippen LogP contribution is -2.23. The Morgan fingerprint density at radius 1 is 0.690 bits per heavy atom. The molecule has 0 saturated carbocycles. The summed E-state index contributed by atoms with van der Waals surface area (Å²) in [6.07, 6.45) is 0. The van der Waals surface area contributed by atoms with Crippen molar-refractivity contribution in [3.05, 3.63) is 71.8 Å². The van der Waals surface area contributed by atoms with Crippen molar-refractivity contribution in [2.45, 2.75) is 40.2 Å². The minimum Gasteiger partial charge on any atom is -0.298 e. The van der Waals surface area contributed by atoms with E-state index in [9.17, 15) is 14.4 Å². The van der Waals surface area contributed by atoms with Crippen LogP contribution in [0.15, 0.2) is 60.7 Å². The van der Waals surface area contributed by atoms with Crippen molar-refractivity contribution in [1.82, 2.24) is 0 Å². The quantitative estimate of drug-likeness (QED) is 0.548. The Labute approximate surface area is 170 Å². The molecule has 0 heterocycles. The minimum absolute atomic E-state index is 0.141. The van der Waals surface area contributed by atoms with E-state index in [1.165, 1.54) is 0 Å². The molecule has 7 nitrogen and oxygen atoms in total. The zero-order valence-corrected chi connectivity index (χ0v) is 17.2. The largest absolute Gasteiger partial charge is 0.386 e. The number of benzene rings is 2. The molecule has 0 aliphatic rings. The van der Waals surface area contributed by atoms with Crippen molar-refractivity contribution in [3.8, 4) is 0 Å². The molecule has 0 aromatic heterocycles. The zero-order chi connectivity index (χ0) is 21.9. The van der Waals surface area contributed by atoms with Crippen LogP contribution in [0.2, 0.25) is 0 Å². The van der Waals surface area contributed by atoms with Crippen molar-refractivity contribution in [2.75, 3.05) is 0 Å². The van der Waals surface area contributed by atoms with Crippen LogP contribution in [0.1, 0.15) is 55.3 Å². The molecule has 2 aromatic rings. The summed E-state index contributed by atoms with van der Waals surface area (Å²) in [5, 5.41) is 0. The predicted molar refractivity (Wildman–Crippen MR) is 105 cm³/mol. The number of carbonyl (C=O) groups excluding carboxylic acids is 3. The third kappa shape index (κ3) is 10.1. The molecule has 7 heteroatoms. The van der Waals surface area contributed by atoms with Crippen molar-refractivity contribution in [1.29, 1.82) is 0 Å². The highest BCUT2D eigenvalue weighted by Crippen LogP contribution is 2.09. The first-order valence-electron chi connectivity index (χ1n) is 9.03. The molecule has 0 amide bonds. The number of hydrogen-bond donors (Lipinski definition) is 0. The van der Waals surface area contributed by atoms with Crippen LogP contribution in [-0.4, -0.2) is 23.5 Å². The standard InChI is InChI=1S/C14H10O4.C8H16O3/c15-13(11-7-3-1-4-8-11)17-18-14(16)12-9-5-2-6-10-12;1-6(2)7(9)10-11-8(3,4)5/h1-10H;6H,1-5H3. The van der Waals surface area contributed by atoms with E-state index in [-0.39, 0.29) is 11.9 Å². The van der Waals surface area contributed by atoms with Gasteiger partial charge in [-0.05, 0) is 45.0 Å². The summed E-state index contributed by atoms with van der Waals surface area (Å²) >= 11 is 0. The Hall–Kier alpha value is -3.19. The molecular weight excluding hydrogens is 376 g/mol. The average Bonchev–Trinajstić information content (AvgIpc) is 2.71. The molecule has 2 rings (SSSR count). The molecule has 0 aliphatic carbocycles. The predicted octanol–water partition coefficient (Wildman–Crippen LogP) is 4.53. The molecule has 0 saturated heterocycles. The van der Waals surface area contributed by atoms with Crippen LogP contribution in [0.25, 0.3) is 0 Å². The number of hydrogen-bond acceptors (Lipinski definition) is 7. The maximum atomic E-state index is 11.5. The van der Waals surface area contributed by atoms with Gasteiger partial charge < -0.3 is 0 Å². The summed E-state index contributed by atoms with van der Waals surface area (Å²) in [6, 6.07) is 16.6. The van der Waals surface area contributed by atoms with Crippen LogP contribution in [0.3, 0.4) is 0 Å². The fraction of sp³-hybridized carbons (Fsp3) is 0.318. The van der Waals surface area contributed by atoms with Gasteiger partial charge in [0.05, 0.1) is 17.0 Å². The van der Waals surface area contributed by atoms with Crippen LogP contribution in [-0.2, 0) is 24.3 Å². The molecule has 29 heavy (non-hydrogen) atoms.